The van der Waals surface area contributed by atoms with Crippen molar-refractivity contribution < 1.29 is 19.8 Å². The van der Waals surface area contributed by atoms with Gasteiger partial charge in [-0.15, -0.1) is 0 Å². The van der Waals surface area contributed by atoms with Gasteiger partial charge >= 0.3 is 6.16 Å². The van der Waals surface area contributed by atoms with Gasteiger partial charge in [0.25, 0.3) is 0 Å². The maximum Gasteiger partial charge on any atom is 0.503 e. The first-order valence-corrected chi connectivity index (χ1v) is 9.03. The van der Waals surface area contributed by atoms with E-state index in [1.54, 1.807) is 0 Å². The predicted octanol–water partition coefficient (Wildman–Crippen LogP) is 4.74. The van der Waals surface area contributed by atoms with Crippen molar-refractivity contribution in [2.24, 2.45) is 11.8 Å². The third-order valence-corrected chi connectivity index (χ3v) is 4.97. The fourth-order valence-electron chi connectivity index (χ4n) is 3.24. The number of rotatable bonds is 4. The SMILES string of the molecule is Cc1cc(Cl)ccc1CC(=O)NC1CCC(C(C)C)CC1.O=C(O)O. The van der Waals surface area contributed by atoms with Crippen molar-refractivity contribution in [1.82, 2.24) is 5.32 Å². The quantitative estimate of drug-likeness (QED) is 0.715. The first-order valence-electron chi connectivity index (χ1n) is 8.65. The van der Waals surface area contributed by atoms with Gasteiger partial charge in [-0.05, 0) is 67.7 Å². The van der Waals surface area contributed by atoms with Crippen LogP contribution in [0.15, 0.2) is 18.2 Å². The van der Waals surface area contributed by atoms with E-state index in [1.807, 2.05) is 25.1 Å². The number of carbonyl (C=O) groups is 2. The zero-order chi connectivity index (χ0) is 19.0. The molecule has 3 N–H and O–H groups in total. The van der Waals surface area contributed by atoms with Gasteiger partial charge in [-0.1, -0.05) is 31.5 Å². The van der Waals surface area contributed by atoms with Crippen molar-refractivity contribution >= 4 is 23.7 Å². The Hall–Kier alpha value is -1.75. The van der Waals surface area contributed by atoms with Crippen LogP contribution >= 0.6 is 11.6 Å². The molecule has 1 saturated carbocycles. The van der Waals surface area contributed by atoms with E-state index >= 15 is 0 Å². The van der Waals surface area contributed by atoms with Crippen molar-refractivity contribution in [1.29, 1.82) is 0 Å². The van der Waals surface area contributed by atoms with Crippen molar-refractivity contribution in [3.63, 3.8) is 0 Å². The minimum absolute atomic E-state index is 0.133. The molecule has 1 fully saturated rings. The summed E-state index contributed by atoms with van der Waals surface area (Å²) in [6.07, 6.45) is 3.33. The summed E-state index contributed by atoms with van der Waals surface area (Å²) >= 11 is 5.95. The van der Waals surface area contributed by atoms with E-state index in [4.69, 9.17) is 26.6 Å². The van der Waals surface area contributed by atoms with Gasteiger partial charge in [-0.2, -0.15) is 0 Å². The van der Waals surface area contributed by atoms with Gasteiger partial charge in [-0.3, -0.25) is 4.79 Å². The smallest absolute Gasteiger partial charge is 0.450 e. The Balaban J connectivity index is 0.000000705. The highest BCUT2D eigenvalue weighted by atomic mass is 35.5. The number of halogens is 1. The molecule has 0 saturated heterocycles. The molecule has 0 heterocycles. The van der Waals surface area contributed by atoms with E-state index in [9.17, 15) is 4.79 Å². The average molecular weight is 370 g/mol. The highest BCUT2D eigenvalue weighted by Crippen LogP contribution is 2.29. The minimum Gasteiger partial charge on any atom is -0.450 e. The largest absolute Gasteiger partial charge is 0.503 e. The zero-order valence-corrected chi connectivity index (χ0v) is 15.8. The Bertz CT molecular complexity index is 577. The topological polar surface area (TPSA) is 86.6 Å². The van der Waals surface area contributed by atoms with E-state index in [2.05, 4.69) is 19.2 Å². The Morgan fingerprint density at radius 2 is 1.76 bits per heavy atom. The second kappa shape index (κ2) is 10.3. The maximum absolute atomic E-state index is 12.2. The van der Waals surface area contributed by atoms with Crippen LogP contribution in [0.5, 0.6) is 0 Å². The molecule has 25 heavy (non-hydrogen) atoms. The van der Waals surface area contributed by atoms with E-state index < -0.39 is 6.16 Å². The predicted molar refractivity (Wildman–Crippen MR) is 99.3 cm³/mol. The number of hydrogen-bond donors (Lipinski definition) is 3. The number of carboxylic acid groups (broad SMARTS) is 2. The Morgan fingerprint density at radius 3 is 2.24 bits per heavy atom. The monoisotopic (exact) mass is 369 g/mol. The number of aryl methyl sites for hydroxylation is 1. The normalized spacial score (nSPS) is 19.7. The van der Waals surface area contributed by atoms with Gasteiger partial charge in [0, 0.05) is 11.1 Å². The molecule has 1 amide bonds. The summed E-state index contributed by atoms with van der Waals surface area (Å²) in [4.78, 5) is 20.7. The molecule has 0 aromatic heterocycles. The Labute approximate surface area is 154 Å². The summed E-state index contributed by atoms with van der Waals surface area (Å²) in [6.45, 7) is 6.60. The standard InChI is InChI=1S/C18H26ClNO.CH2O3/c1-12(2)14-5-8-17(9-6-14)20-18(21)11-15-4-7-16(19)10-13(15)3;2-1(3)4/h4,7,10,12,14,17H,5-6,8-9,11H2,1-3H3,(H,20,21);(H2,2,3,4). The van der Waals surface area contributed by atoms with Crippen LogP contribution in [0.2, 0.25) is 5.02 Å². The van der Waals surface area contributed by atoms with E-state index in [1.165, 1.54) is 12.8 Å². The van der Waals surface area contributed by atoms with Crippen molar-refractivity contribution in [3.8, 4) is 0 Å². The summed E-state index contributed by atoms with van der Waals surface area (Å²) < 4.78 is 0. The first-order chi connectivity index (χ1) is 11.7. The van der Waals surface area contributed by atoms with Crippen LogP contribution in [-0.2, 0) is 11.2 Å². The number of benzene rings is 1. The van der Waals surface area contributed by atoms with Gasteiger partial charge < -0.3 is 15.5 Å². The highest BCUT2D eigenvalue weighted by molar-refractivity contribution is 6.30. The molecule has 1 aromatic carbocycles. The second-order valence-corrected chi connectivity index (χ2v) is 7.39. The number of carbonyl (C=O) groups excluding carboxylic acids is 1. The first kappa shape index (κ1) is 21.3. The van der Waals surface area contributed by atoms with Crippen LogP contribution in [0, 0.1) is 18.8 Å². The fraction of sp³-hybridized carbons (Fsp3) is 0.579. The highest BCUT2D eigenvalue weighted by Gasteiger charge is 2.24. The lowest BCUT2D eigenvalue weighted by molar-refractivity contribution is -0.121. The van der Waals surface area contributed by atoms with Crippen LogP contribution in [0.3, 0.4) is 0 Å². The van der Waals surface area contributed by atoms with Gasteiger partial charge in [-0.25, -0.2) is 4.79 Å². The summed E-state index contributed by atoms with van der Waals surface area (Å²) in [5, 5.41) is 17.9. The maximum atomic E-state index is 12.2. The lowest BCUT2D eigenvalue weighted by Crippen LogP contribution is -2.39. The van der Waals surface area contributed by atoms with Gasteiger partial charge in [0.15, 0.2) is 0 Å². The summed E-state index contributed by atoms with van der Waals surface area (Å²) in [7, 11) is 0. The van der Waals surface area contributed by atoms with Gasteiger partial charge in [0.05, 0.1) is 6.42 Å². The molecular formula is C19H28ClNO4. The lowest BCUT2D eigenvalue weighted by atomic mass is 9.79. The molecular weight excluding hydrogens is 342 g/mol. The van der Waals surface area contributed by atoms with Crippen LogP contribution in [0.4, 0.5) is 4.79 Å². The molecule has 140 valence electrons. The summed E-state index contributed by atoms with van der Waals surface area (Å²) in [5.74, 6) is 1.73. The van der Waals surface area contributed by atoms with Gasteiger partial charge in [0.2, 0.25) is 5.91 Å². The molecule has 1 aliphatic rings. The van der Waals surface area contributed by atoms with Crippen LogP contribution in [0.1, 0.15) is 50.7 Å². The molecule has 2 rings (SSSR count). The van der Waals surface area contributed by atoms with Crippen LogP contribution in [-0.4, -0.2) is 28.3 Å². The molecule has 1 aromatic rings. The van der Waals surface area contributed by atoms with E-state index in [0.29, 0.717) is 12.5 Å². The number of amides is 1. The van der Waals surface area contributed by atoms with E-state index in [0.717, 1.165) is 40.8 Å². The zero-order valence-electron chi connectivity index (χ0n) is 15.1. The Kier molecular flexibility index (Phi) is 8.76. The van der Waals surface area contributed by atoms with Crippen LogP contribution in [0.25, 0.3) is 0 Å². The lowest BCUT2D eigenvalue weighted by Gasteiger charge is -2.31. The third-order valence-electron chi connectivity index (χ3n) is 4.74. The average Bonchev–Trinajstić information content (AvgIpc) is 2.50. The molecule has 0 radical (unpaired) electrons. The Morgan fingerprint density at radius 1 is 1.20 bits per heavy atom. The van der Waals surface area contributed by atoms with Gasteiger partial charge in [0.1, 0.15) is 0 Å². The molecule has 5 nitrogen and oxygen atoms in total. The molecule has 1 aliphatic carbocycles. The fourth-order valence-corrected chi connectivity index (χ4v) is 3.47. The number of nitrogens with one attached hydrogen (secondary N) is 1. The molecule has 0 atom stereocenters. The van der Waals surface area contributed by atoms with E-state index in [-0.39, 0.29) is 5.91 Å². The third kappa shape index (κ3) is 8.25. The summed E-state index contributed by atoms with van der Waals surface area (Å²) in [6, 6.07) is 6.08. The molecule has 6 heteroatoms. The molecule has 0 unspecified atom stereocenters. The van der Waals surface area contributed by atoms with Crippen molar-refractivity contribution in [3.05, 3.63) is 34.3 Å². The number of hydrogen-bond acceptors (Lipinski definition) is 2. The van der Waals surface area contributed by atoms with Crippen molar-refractivity contribution in [2.45, 2.75) is 58.9 Å². The molecule has 0 spiro atoms. The second-order valence-electron chi connectivity index (χ2n) is 6.95. The van der Waals surface area contributed by atoms with Crippen LogP contribution < -0.4 is 5.32 Å². The van der Waals surface area contributed by atoms with Crippen molar-refractivity contribution in [2.75, 3.05) is 0 Å². The summed E-state index contributed by atoms with van der Waals surface area (Å²) in [5.41, 5.74) is 2.15. The minimum atomic E-state index is -1.83. The molecule has 0 aliphatic heterocycles. The molecule has 0 bridgehead atoms.